The first-order chi connectivity index (χ1) is 7.20. The Morgan fingerprint density at radius 2 is 1.69 bits per heavy atom. The summed E-state index contributed by atoms with van der Waals surface area (Å²) in [4.78, 5) is 2.24. The van der Waals surface area contributed by atoms with Gasteiger partial charge in [0.15, 0.2) is 0 Å². The molecule has 16 heavy (non-hydrogen) atoms. The highest BCUT2D eigenvalue weighted by atomic mass is 35.5. The molecule has 0 aliphatic carbocycles. The Morgan fingerprint density at radius 1 is 1.25 bits per heavy atom. The Morgan fingerprint density at radius 3 is 2.06 bits per heavy atom. The van der Waals surface area contributed by atoms with Crippen molar-refractivity contribution in [3.63, 3.8) is 0 Å². The molecule has 1 N–H and O–H groups in total. The summed E-state index contributed by atoms with van der Waals surface area (Å²) >= 11 is 6.41. The second kappa shape index (κ2) is 4.81. The van der Waals surface area contributed by atoms with Gasteiger partial charge in [0, 0.05) is 23.7 Å². The van der Waals surface area contributed by atoms with E-state index in [0.29, 0.717) is 6.04 Å². The average Bonchev–Trinajstić information content (AvgIpc) is 2.13. The van der Waals surface area contributed by atoms with E-state index >= 15 is 0 Å². The van der Waals surface area contributed by atoms with Crippen LogP contribution in [-0.4, -0.2) is 51.7 Å². The number of halogens is 1. The van der Waals surface area contributed by atoms with Gasteiger partial charge in [-0.05, 0) is 59.4 Å². The molecular formula is C12H25ClN2O. The second-order valence-corrected chi connectivity index (χ2v) is 6.51. The van der Waals surface area contributed by atoms with Gasteiger partial charge in [-0.3, -0.25) is 0 Å². The molecule has 1 aliphatic rings. The van der Waals surface area contributed by atoms with Crippen LogP contribution in [0.2, 0.25) is 0 Å². The maximum Gasteiger partial charge on any atom is 0.0558 e. The summed E-state index contributed by atoms with van der Waals surface area (Å²) in [5, 5.41) is 9.00. The highest BCUT2D eigenvalue weighted by Crippen LogP contribution is 2.41. The predicted octanol–water partition coefficient (Wildman–Crippen LogP) is 2.09. The van der Waals surface area contributed by atoms with Gasteiger partial charge in [-0.1, -0.05) is 0 Å². The third kappa shape index (κ3) is 2.89. The maximum absolute atomic E-state index is 9.00. The molecule has 0 spiro atoms. The Hall–Kier alpha value is 0.170. The molecule has 1 heterocycles. The molecular weight excluding hydrogens is 224 g/mol. The van der Waals surface area contributed by atoms with Crippen molar-refractivity contribution in [2.75, 3.05) is 20.2 Å². The van der Waals surface area contributed by atoms with E-state index in [1.54, 1.807) is 0 Å². The van der Waals surface area contributed by atoms with Crippen molar-refractivity contribution >= 4 is 11.8 Å². The minimum Gasteiger partial charge on any atom is -0.395 e. The van der Waals surface area contributed by atoms with Gasteiger partial charge in [-0.15, -0.1) is 0 Å². The Bertz CT molecular complexity index is 225. The summed E-state index contributed by atoms with van der Waals surface area (Å²) in [6.45, 7) is 9.68. The summed E-state index contributed by atoms with van der Waals surface area (Å²) in [7, 11) is 2.08. The van der Waals surface area contributed by atoms with Crippen molar-refractivity contribution < 1.29 is 5.11 Å². The molecule has 1 fully saturated rings. The number of aliphatic hydroxyl groups is 1. The quantitative estimate of drug-likeness (QED) is 0.775. The number of hydrogen-bond donors (Lipinski definition) is 1. The van der Waals surface area contributed by atoms with Crippen molar-refractivity contribution in [3.05, 3.63) is 0 Å². The highest BCUT2D eigenvalue weighted by molar-refractivity contribution is 6.14. The van der Waals surface area contributed by atoms with Crippen molar-refractivity contribution in [1.29, 1.82) is 0 Å². The number of rotatable bonds is 3. The zero-order valence-electron chi connectivity index (χ0n) is 11.1. The summed E-state index contributed by atoms with van der Waals surface area (Å²) in [6, 6.07) is 0.493. The smallest absolute Gasteiger partial charge is 0.0558 e. The van der Waals surface area contributed by atoms with E-state index in [9.17, 15) is 0 Å². The van der Waals surface area contributed by atoms with Crippen LogP contribution in [0.5, 0.6) is 0 Å². The molecule has 1 aliphatic heterocycles. The molecule has 0 aromatic carbocycles. The van der Waals surface area contributed by atoms with Gasteiger partial charge in [0.25, 0.3) is 0 Å². The summed E-state index contributed by atoms with van der Waals surface area (Å²) in [5.74, 6) is 0. The Labute approximate surface area is 104 Å². The third-order valence-corrected chi connectivity index (χ3v) is 4.52. The van der Waals surface area contributed by atoms with Gasteiger partial charge in [-0.25, -0.2) is 4.42 Å². The van der Waals surface area contributed by atoms with E-state index in [-0.39, 0.29) is 17.7 Å². The fraction of sp³-hybridized carbons (Fsp3) is 1.00. The molecule has 0 radical (unpaired) electrons. The van der Waals surface area contributed by atoms with Crippen LogP contribution in [0, 0.1) is 0 Å². The van der Waals surface area contributed by atoms with Crippen LogP contribution in [0.1, 0.15) is 40.5 Å². The largest absolute Gasteiger partial charge is 0.395 e. The van der Waals surface area contributed by atoms with Gasteiger partial charge in [0.05, 0.1) is 6.61 Å². The standard InChI is InChI=1S/C12H25ClN2O/c1-11(2)8-10(14(5)6-7-16)9-12(3,4)15(11)13/h10,16H,6-9H2,1-5H3. The van der Waals surface area contributed by atoms with E-state index in [1.807, 2.05) is 4.42 Å². The first-order valence-corrected chi connectivity index (χ1v) is 6.32. The highest BCUT2D eigenvalue weighted by Gasteiger charge is 2.45. The van der Waals surface area contributed by atoms with Crippen molar-refractivity contribution in [2.24, 2.45) is 0 Å². The lowest BCUT2D eigenvalue weighted by Gasteiger charge is -2.53. The molecule has 0 atom stereocenters. The number of hydrogen-bond acceptors (Lipinski definition) is 3. The molecule has 1 rings (SSSR count). The lowest BCUT2D eigenvalue weighted by molar-refractivity contribution is -0.000880. The van der Waals surface area contributed by atoms with E-state index in [0.717, 1.165) is 19.4 Å². The maximum atomic E-state index is 9.00. The molecule has 96 valence electrons. The van der Waals surface area contributed by atoms with Crippen molar-refractivity contribution in [1.82, 2.24) is 9.32 Å². The van der Waals surface area contributed by atoms with Gasteiger partial charge < -0.3 is 10.0 Å². The third-order valence-electron chi connectivity index (χ3n) is 3.61. The lowest BCUT2D eigenvalue weighted by atomic mass is 9.79. The van der Waals surface area contributed by atoms with Crippen LogP contribution in [0.15, 0.2) is 0 Å². The van der Waals surface area contributed by atoms with Crippen LogP contribution in [0.25, 0.3) is 0 Å². The summed E-state index contributed by atoms with van der Waals surface area (Å²) in [5.41, 5.74) is -0.00459. The second-order valence-electron chi connectivity index (χ2n) is 6.17. The zero-order chi connectivity index (χ0) is 12.6. The van der Waals surface area contributed by atoms with E-state index < -0.39 is 0 Å². The van der Waals surface area contributed by atoms with E-state index in [2.05, 4.69) is 39.6 Å². The number of piperidine rings is 1. The van der Waals surface area contributed by atoms with Crippen LogP contribution in [0.4, 0.5) is 0 Å². The molecule has 0 amide bonds. The minimum absolute atomic E-state index is 0.00229. The topological polar surface area (TPSA) is 26.7 Å². The normalized spacial score (nSPS) is 26.2. The molecule has 4 heteroatoms. The van der Waals surface area contributed by atoms with Gasteiger partial charge in [-0.2, -0.15) is 0 Å². The molecule has 0 unspecified atom stereocenters. The fourth-order valence-corrected chi connectivity index (χ4v) is 3.00. The summed E-state index contributed by atoms with van der Waals surface area (Å²) < 4.78 is 1.96. The molecule has 3 nitrogen and oxygen atoms in total. The molecule has 0 aromatic rings. The van der Waals surface area contributed by atoms with E-state index in [1.165, 1.54) is 0 Å². The van der Waals surface area contributed by atoms with Crippen molar-refractivity contribution in [2.45, 2.75) is 57.7 Å². The van der Waals surface area contributed by atoms with E-state index in [4.69, 9.17) is 16.9 Å². The monoisotopic (exact) mass is 248 g/mol. The lowest BCUT2D eigenvalue weighted by Crippen LogP contribution is -2.60. The minimum atomic E-state index is -0.00229. The first-order valence-electron chi connectivity index (χ1n) is 5.98. The number of likely N-dealkylation sites (N-methyl/N-ethyl adjacent to an activating group) is 1. The van der Waals surface area contributed by atoms with Gasteiger partial charge in [0.1, 0.15) is 0 Å². The van der Waals surface area contributed by atoms with Gasteiger partial charge >= 0.3 is 0 Å². The number of aliphatic hydroxyl groups excluding tert-OH is 1. The van der Waals surface area contributed by atoms with Crippen LogP contribution in [0.3, 0.4) is 0 Å². The van der Waals surface area contributed by atoms with Crippen LogP contribution >= 0.6 is 11.8 Å². The van der Waals surface area contributed by atoms with Crippen LogP contribution < -0.4 is 0 Å². The number of nitrogens with zero attached hydrogens (tertiary/aromatic N) is 2. The van der Waals surface area contributed by atoms with Gasteiger partial charge in [0.2, 0.25) is 0 Å². The first kappa shape index (κ1) is 14.2. The predicted molar refractivity (Wildman–Crippen MR) is 68.6 cm³/mol. The zero-order valence-corrected chi connectivity index (χ0v) is 11.9. The molecule has 0 saturated carbocycles. The molecule has 1 saturated heterocycles. The Balaban J connectivity index is 2.78. The van der Waals surface area contributed by atoms with Crippen molar-refractivity contribution in [3.8, 4) is 0 Å². The molecule has 0 bridgehead atoms. The SMILES string of the molecule is CN(CCO)C1CC(C)(C)N(Cl)C(C)(C)C1. The summed E-state index contributed by atoms with van der Waals surface area (Å²) in [6.07, 6.45) is 2.08. The molecule has 0 aromatic heterocycles. The van der Waals surface area contributed by atoms with Crippen LogP contribution in [-0.2, 0) is 0 Å². The Kier molecular flexibility index (Phi) is 4.28. The average molecular weight is 249 g/mol. The fourth-order valence-electron chi connectivity index (χ4n) is 2.86.